The molecule has 4 N–H and O–H groups in total. The Morgan fingerprint density at radius 1 is 1.36 bits per heavy atom. The van der Waals surface area contributed by atoms with Gasteiger partial charge in [-0.1, -0.05) is 0 Å². The number of amides is 1. The average Bonchev–Trinajstić information content (AvgIpc) is 2.81. The number of nitrogens with one attached hydrogen (secondary N) is 1. The van der Waals surface area contributed by atoms with Gasteiger partial charge in [0.15, 0.2) is 6.23 Å². The first-order valence-electron chi connectivity index (χ1n) is 7.40. The maximum absolute atomic E-state index is 12.2. The molecule has 1 fully saturated rings. The first-order chi connectivity index (χ1) is 11.7. The molecule has 11 nitrogen and oxygen atoms in total. The number of carbonyl (C=O) groups excluding carboxylic acids is 2. The van der Waals surface area contributed by atoms with Crippen LogP contribution in [0.5, 0.6) is 0 Å². The summed E-state index contributed by atoms with van der Waals surface area (Å²) in [6.07, 6.45) is -4.05. The van der Waals surface area contributed by atoms with E-state index in [0.29, 0.717) is 0 Å². The Morgan fingerprint density at radius 3 is 2.56 bits per heavy atom. The summed E-state index contributed by atoms with van der Waals surface area (Å²) in [6, 6.07) is 0. The van der Waals surface area contributed by atoms with E-state index >= 15 is 0 Å². The fourth-order valence-corrected chi connectivity index (χ4v) is 2.36. The molecule has 1 aliphatic heterocycles. The van der Waals surface area contributed by atoms with Crippen molar-refractivity contribution in [1.29, 1.82) is 0 Å². The molecule has 1 saturated heterocycles. The molecule has 0 saturated carbocycles. The van der Waals surface area contributed by atoms with Crippen molar-refractivity contribution in [2.24, 2.45) is 0 Å². The molecule has 0 unspecified atom stereocenters. The van der Waals surface area contributed by atoms with Gasteiger partial charge in [-0.05, 0) is 0 Å². The van der Waals surface area contributed by atoms with Crippen molar-refractivity contribution in [3.8, 4) is 0 Å². The summed E-state index contributed by atoms with van der Waals surface area (Å²) in [5, 5.41) is 31.3. The Morgan fingerprint density at radius 2 is 2.04 bits per heavy atom. The Balaban J connectivity index is 2.41. The Bertz CT molecular complexity index is 719. The standard InChI is InChI=1S/C14H19N3O8/c1-6(19)15-12-8(5-24-7(2)20)3-17(14(23)16-12)13-11(22)10(21)9(4-18)25-13/h3,9-11,13,18,21-22H,4-5H2,1-2H3,(H,15,16,19,23)/t9-,10-,11-,13-/m1/s1. The Hall–Kier alpha value is -2.34. The van der Waals surface area contributed by atoms with Crippen LogP contribution in [-0.4, -0.2) is 61.7 Å². The van der Waals surface area contributed by atoms with Crippen molar-refractivity contribution in [2.75, 3.05) is 11.9 Å². The van der Waals surface area contributed by atoms with Crippen LogP contribution >= 0.6 is 0 Å². The minimum Gasteiger partial charge on any atom is -0.461 e. The molecular formula is C14H19N3O8. The van der Waals surface area contributed by atoms with Gasteiger partial charge < -0.3 is 30.1 Å². The Labute approximate surface area is 141 Å². The summed E-state index contributed by atoms with van der Waals surface area (Å²) in [4.78, 5) is 38.1. The zero-order valence-electron chi connectivity index (χ0n) is 13.6. The molecule has 2 heterocycles. The number of anilines is 1. The van der Waals surface area contributed by atoms with Gasteiger partial charge in [-0.2, -0.15) is 4.98 Å². The van der Waals surface area contributed by atoms with Crippen molar-refractivity contribution in [3.63, 3.8) is 0 Å². The topological polar surface area (TPSA) is 160 Å². The molecule has 11 heteroatoms. The third kappa shape index (κ3) is 4.20. The van der Waals surface area contributed by atoms with E-state index in [4.69, 9.17) is 14.6 Å². The molecule has 25 heavy (non-hydrogen) atoms. The van der Waals surface area contributed by atoms with E-state index in [-0.39, 0.29) is 18.0 Å². The zero-order valence-corrected chi connectivity index (χ0v) is 13.6. The molecule has 1 aliphatic rings. The number of aliphatic hydroxyl groups is 3. The molecule has 0 radical (unpaired) electrons. The molecule has 0 aromatic carbocycles. The largest absolute Gasteiger partial charge is 0.461 e. The van der Waals surface area contributed by atoms with Gasteiger partial charge in [0.25, 0.3) is 0 Å². The van der Waals surface area contributed by atoms with Crippen LogP contribution in [0.15, 0.2) is 11.0 Å². The number of aromatic nitrogens is 2. The van der Waals surface area contributed by atoms with E-state index in [9.17, 15) is 24.6 Å². The molecule has 2 rings (SSSR count). The summed E-state index contributed by atoms with van der Waals surface area (Å²) in [5.74, 6) is -1.16. The van der Waals surface area contributed by atoms with Gasteiger partial charge in [-0.15, -0.1) is 0 Å². The highest BCUT2D eigenvalue weighted by Crippen LogP contribution is 2.28. The monoisotopic (exact) mass is 357 g/mol. The molecular weight excluding hydrogens is 338 g/mol. The van der Waals surface area contributed by atoms with Gasteiger partial charge in [0.05, 0.1) is 6.61 Å². The highest BCUT2D eigenvalue weighted by atomic mass is 16.6. The molecule has 0 aliphatic carbocycles. The first-order valence-corrected chi connectivity index (χ1v) is 7.40. The molecule has 0 spiro atoms. The smallest absolute Gasteiger partial charge is 0.351 e. The first kappa shape index (κ1) is 19.0. The second kappa shape index (κ2) is 7.70. The van der Waals surface area contributed by atoms with Gasteiger partial charge in [0, 0.05) is 25.6 Å². The Kier molecular flexibility index (Phi) is 5.85. The van der Waals surface area contributed by atoms with E-state index in [1.807, 2.05) is 0 Å². The third-order valence-corrected chi connectivity index (χ3v) is 3.54. The van der Waals surface area contributed by atoms with E-state index < -0.39 is 48.7 Å². The quantitative estimate of drug-likeness (QED) is 0.432. The van der Waals surface area contributed by atoms with Crippen LogP contribution in [-0.2, 0) is 25.7 Å². The van der Waals surface area contributed by atoms with Crippen molar-refractivity contribution in [1.82, 2.24) is 9.55 Å². The molecule has 4 atom stereocenters. The highest BCUT2D eigenvalue weighted by Gasteiger charge is 2.44. The van der Waals surface area contributed by atoms with Gasteiger partial charge in [-0.3, -0.25) is 14.2 Å². The van der Waals surface area contributed by atoms with Crippen molar-refractivity contribution in [2.45, 2.75) is 45.0 Å². The predicted octanol–water partition coefficient (Wildman–Crippen LogP) is -2.12. The average molecular weight is 357 g/mol. The van der Waals surface area contributed by atoms with Crippen LogP contribution in [0, 0.1) is 0 Å². The van der Waals surface area contributed by atoms with Crippen LogP contribution in [0.3, 0.4) is 0 Å². The highest BCUT2D eigenvalue weighted by molar-refractivity contribution is 5.88. The normalized spacial score (nSPS) is 25.6. The summed E-state index contributed by atoms with van der Waals surface area (Å²) < 4.78 is 11.0. The van der Waals surface area contributed by atoms with Gasteiger partial charge in [-0.25, -0.2) is 4.79 Å². The summed E-state index contributed by atoms with van der Waals surface area (Å²) in [7, 11) is 0. The third-order valence-electron chi connectivity index (χ3n) is 3.54. The number of ether oxygens (including phenoxy) is 2. The van der Waals surface area contributed by atoms with Crippen molar-refractivity contribution in [3.05, 3.63) is 22.2 Å². The van der Waals surface area contributed by atoms with E-state index in [2.05, 4.69) is 10.3 Å². The fourth-order valence-electron chi connectivity index (χ4n) is 2.36. The summed E-state index contributed by atoms with van der Waals surface area (Å²) >= 11 is 0. The SMILES string of the molecule is CC(=O)Nc1nc(=O)n([C@@H]2O[C@H](CO)[C@@H](O)[C@H]2O)cc1COC(C)=O. The lowest BCUT2D eigenvalue weighted by molar-refractivity contribution is -0.142. The number of rotatable bonds is 5. The molecule has 138 valence electrons. The lowest BCUT2D eigenvalue weighted by Crippen LogP contribution is -2.36. The van der Waals surface area contributed by atoms with Gasteiger partial charge in [0.2, 0.25) is 5.91 Å². The minimum atomic E-state index is -1.48. The second-order valence-electron chi connectivity index (χ2n) is 5.49. The molecule has 0 bridgehead atoms. The maximum Gasteiger partial charge on any atom is 0.351 e. The van der Waals surface area contributed by atoms with Crippen LogP contribution in [0.2, 0.25) is 0 Å². The second-order valence-corrected chi connectivity index (χ2v) is 5.49. The number of aliphatic hydroxyl groups excluding tert-OH is 3. The van der Waals surface area contributed by atoms with Gasteiger partial charge in [0.1, 0.15) is 30.7 Å². The van der Waals surface area contributed by atoms with Crippen molar-refractivity contribution >= 4 is 17.7 Å². The molecule has 1 amide bonds. The molecule has 1 aromatic heterocycles. The number of esters is 1. The van der Waals surface area contributed by atoms with E-state index in [1.165, 1.54) is 20.0 Å². The van der Waals surface area contributed by atoms with Gasteiger partial charge >= 0.3 is 11.7 Å². The van der Waals surface area contributed by atoms with E-state index in [1.54, 1.807) is 0 Å². The minimum absolute atomic E-state index is 0.0956. The van der Waals surface area contributed by atoms with Crippen LogP contribution < -0.4 is 11.0 Å². The number of hydrogen-bond donors (Lipinski definition) is 4. The fraction of sp³-hybridized carbons (Fsp3) is 0.571. The lowest BCUT2D eigenvalue weighted by atomic mass is 10.1. The van der Waals surface area contributed by atoms with Crippen LogP contribution in [0.4, 0.5) is 5.82 Å². The van der Waals surface area contributed by atoms with Crippen LogP contribution in [0.1, 0.15) is 25.6 Å². The lowest BCUT2D eigenvalue weighted by Gasteiger charge is -2.19. The van der Waals surface area contributed by atoms with E-state index in [0.717, 1.165) is 4.57 Å². The summed E-state index contributed by atoms with van der Waals surface area (Å²) in [5.41, 5.74) is -0.687. The van der Waals surface area contributed by atoms with Crippen molar-refractivity contribution < 1.29 is 34.4 Å². The maximum atomic E-state index is 12.2. The predicted molar refractivity (Wildman–Crippen MR) is 81.3 cm³/mol. The van der Waals surface area contributed by atoms with Crippen LogP contribution in [0.25, 0.3) is 0 Å². The number of hydrogen-bond acceptors (Lipinski definition) is 9. The molecule has 1 aromatic rings. The number of nitrogens with zero attached hydrogens (tertiary/aromatic N) is 2. The zero-order chi connectivity index (χ0) is 18.7. The summed E-state index contributed by atoms with van der Waals surface area (Å²) in [6.45, 7) is 1.57. The number of carbonyl (C=O) groups is 2.